The molecule has 118 valence electrons. The molecule has 2 rings (SSSR count). The maximum absolute atomic E-state index is 11.8. The summed E-state index contributed by atoms with van der Waals surface area (Å²) in [7, 11) is 0. The van der Waals surface area contributed by atoms with Crippen LogP contribution in [0.2, 0.25) is 10.0 Å². The summed E-state index contributed by atoms with van der Waals surface area (Å²) in [5.41, 5.74) is 1.36. The normalized spacial score (nSPS) is 10.6. The Morgan fingerprint density at radius 3 is 2.35 bits per heavy atom. The molecule has 0 radical (unpaired) electrons. The highest BCUT2D eigenvalue weighted by Crippen LogP contribution is 2.23. The van der Waals surface area contributed by atoms with Gasteiger partial charge in [0.05, 0.1) is 10.0 Å². The third kappa shape index (κ3) is 5.43. The first-order valence-electron chi connectivity index (χ1n) is 6.66. The van der Waals surface area contributed by atoms with Crippen LogP contribution < -0.4 is 10.1 Å². The zero-order chi connectivity index (χ0) is 16.8. The molecule has 6 heteroatoms. The van der Waals surface area contributed by atoms with Crippen LogP contribution in [0.25, 0.3) is 6.08 Å². The quantitative estimate of drug-likeness (QED) is 0.499. The Bertz CT molecular complexity index is 755. The van der Waals surface area contributed by atoms with Crippen molar-refractivity contribution >= 4 is 46.8 Å². The predicted molar refractivity (Wildman–Crippen MR) is 91.9 cm³/mol. The molecule has 1 N–H and O–H groups in total. The van der Waals surface area contributed by atoms with E-state index in [9.17, 15) is 9.59 Å². The van der Waals surface area contributed by atoms with Gasteiger partial charge in [-0.2, -0.15) is 0 Å². The molecule has 0 heterocycles. The van der Waals surface area contributed by atoms with Crippen LogP contribution in [0.3, 0.4) is 0 Å². The summed E-state index contributed by atoms with van der Waals surface area (Å²) >= 11 is 11.7. The van der Waals surface area contributed by atoms with Gasteiger partial charge in [-0.3, -0.25) is 4.79 Å². The molecule has 0 saturated carbocycles. The lowest BCUT2D eigenvalue weighted by Crippen LogP contribution is -2.06. The van der Waals surface area contributed by atoms with E-state index in [4.69, 9.17) is 27.9 Å². The first-order valence-corrected chi connectivity index (χ1v) is 7.42. The summed E-state index contributed by atoms with van der Waals surface area (Å²) in [6, 6.07) is 11.5. The second kappa shape index (κ2) is 7.81. The number of anilines is 1. The fourth-order valence-electron chi connectivity index (χ4n) is 1.74. The van der Waals surface area contributed by atoms with Crippen LogP contribution in [-0.2, 0) is 9.59 Å². The Morgan fingerprint density at radius 1 is 1.04 bits per heavy atom. The fourth-order valence-corrected chi connectivity index (χ4v) is 2.05. The summed E-state index contributed by atoms with van der Waals surface area (Å²) in [6.07, 6.45) is 2.87. The number of hydrogen-bond donors (Lipinski definition) is 1. The van der Waals surface area contributed by atoms with E-state index in [1.807, 2.05) is 0 Å². The molecule has 1 amide bonds. The van der Waals surface area contributed by atoms with E-state index in [0.717, 1.165) is 5.56 Å². The molecule has 2 aromatic rings. The van der Waals surface area contributed by atoms with Crippen LogP contribution in [0.4, 0.5) is 5.69 Å². The van der Waals surface area contributed by atoms with Crippen molar-refractivity contribution in [1.29, 1.82) is 0 Å². The number of ether oxygens (including phenoxy) is 1. The number of nitrogens with one attached hydrogen (secondary N) is 1. The number of benzene rings is 2. The molecular weight excluding hydrogens is 337 g/mol. The fraction of sp³-hybridized carbons (Fsp3) is 0.0588. The van der Waals surface area contributed by atoms with E-state index in [0.29, 0.717) is 21.5 Å². The standard InChI is InChI=1S/C17H13Cl2NO3/c1-11(21)20-13-4-6-14(7-5-13)23-17(22)9-3-12-2-8-15(18)16(19)10-12/h2-10H,1H3,(H,20,21)/b9-3+. The Hall–Kier alpha value is -2.30. The molecule has 0 bridgehead atoms. The average molecular weight is 350 g/mol. The molecule has 0 spiro atoms. The minimum absolute atomic E-state index is 0.167. The maximum atomic E-state index is 11.8. The minimum atomic E-state index is -0.525. The largest absolute Gasteiger partial charge is 0.423 e. The van der Waals surface area contributed by atoms with Crippen molar-refractivity contribution < 1.29 is 14.3 Å². The third-order valence-corrected chi connectivity index (χ3v) is 3.49. The number of hydrogen-bond acceptors (Lipinski definition) is 3. The number of halogens is 2. The Balaban J connectivity index is 1.97. The van der Waals surface area contributed by atoms with Gasteiger partial charge in [0.25, 0.3) is 0 Å². The number of amides is 1. The summed E-state index contributed by atoms with van der Waals surface area (Å²) in [6.45, 7) is 1.42. The van der Waals surface area contributed by atoms with Crippen molar-refractivity contribution in [3.63, 3.8) is 0 Å². The highest BCUT2D eigenvalue weighted by atomic mass is 35.5. The van der Waals surface area contributed by atoms with Gasteiger partial charge in [0.15, 0.2) is 0 Å². The Labute approximate surface area is 143 Å². The van der Waals surface area contributed by atoms with Crippen molar-refractivity contribution in [3.05, 3.63) is 64.1 Å². The maximum Gasteiger partial charge on any atom is 0.336 e. The Morgan fingerprint density at radius 2 is 1.74 bits per heavy atom. The molecule has 0 unspecified atom stereocenters. The zero-order valence-corrected chi connectivity index (χ0v) is 13.7. The molecule has 0 saturated heterocycles. The number of carbonyl (C=O) groups is 2. The zero-order valence-electron chi connectivity index (χ0n) is 12.2. The van der Waals surface area contributed by atoms with E-state index >= 15 is 0 Å². The number of rotatable bonds is 4. The number of esters is 1. The van der Waals surface area contributed by atoms with Gasteiger partial charge in [0.1, 0.15) is 5.75 Å². The summed E-state index contributed by atoms with van der Waals surface area (Å²) in [5, 5.41) is 3.49. The molecule has 0 aromatic heterocycles. The van der Waals surface area contributed by atoms with Gasteiger partial charge in [-0.25, -0.2) is 4.79 Å². The van der Waals surface area contributed by atoms with E-state index in [-0.39, 0.29) is 5.91 Å². The average Bonchev–Trinajstić information content (AvgIpc) is 2.50. The van der Waals surface area contributed by atoms with Crippen LogP contribution >= 0.6 is 23.2 Å². The van der Waals surface area contributed by atoms with Crippen molar-refractivity contribution in [1.82, 2.24) is 0 Å². The minimum Gasteiger partial charge on any atom is -0.423 e. The van der Waals surface area contributed by atoms with E-state index in [1.54, 1.807) is 48.5 Å². The van der Waals surface area contributed by atoms with Crippen molar-refractivity contribution in [2.75, 3.05) is 5.32 Å². The summed E-state index contributed by atoms with van der Waals surface area (Å²) in [5.74, 6) is -0.314. The molecule has 2 aromatic carbocycles. The molecule has 4 nitrogen and oxygen atoms in total. The van der Waals surface area contributed by atoms with Crippen LogP contribution in [0.1, 0.15) is 12.5 Å². The van der Waals surface area contributed by atoms with Crippen molar-refractivity contribution in [2.45, 2.75) is 6.92 Å². The lowest BCUT2D eigenvalue weighted by molar-refractivity contribution is -0.128. The second-order valence-electron chi connectivity index (χ2n) is 4.63. The third-order valence-electron chi connectivity index (χ3n) is 2.75. The first-order chi connectivity index (χ1) is 10.9. The second-order valence-corrected chi connectivity index (χ2v) is 5.45. The smallest absolute Gasteiger partial charge is 0.336 e. The predicted octanol–water partition coefficient (Wildman–Crippen LogP) is 4.57. The molecule has 0 aliphatic heterocycles. The topological polar surface area (TPSA) is 55.4 Å². The van der Waals surface area contributed by atoms with Gasteiger partial charge < -0.3 is 10.1 Å². The summed E-state index contributed by atoms with van der Waals surface area (Å²) < 4.78 is 5.15. The van der Waals surface area contributed by atoms with E-state index < -0.39 is 5.97 Å². The van der Waals surface area contributed by atoms with Crippen LogP contribution in [0, 0.1) is 0 Å². The molecular formula is C17H13Cl2NO3. The van der Waals surface area contributed by atoms with Gasteiger partial charge in [-0.05, 0) is 48.0 Å². The van der Waals surface area contributed by atoms with Gasteiger partial charge in [-0.15, -0.1) is 0 Å². The highest BCUT2D eigenvalue weighted by Gasteiger charge is 2.02. The molecule has 0 fully saturated rings. The highest BCUT2D eigenvalue weighted by molar-refractivity contribution is 6.42. The molecule has 0 aliphatic carbocycles. The SMILES string of the molecule is CC(=O)Nc1ccc(OC(=O)/C=C/c2ccc(Cl)c(Cl)c2)cc1. The Kier molecular flexibility index (Phi) is 5.79. The molecule has 0 aliphatic rings. The van der Waals surface area contributed by atoms with Crippen molar-refractivity contribution in [3.8, 4) is 5.75 Å². The molecule has 23 heavy (non-hydrogen) atoms. The van der Waals surface area contributed by atoms with Crippen LogP contribution in [0.5, 0.6) is 5.75 Å². The van der Waals surface area contributed by atoms with E-state index in [2.05, 4.69) is 5.32 Å². The van der Waals surface area contributed by atoms with Crippen molar-refractivity contribution in [2.24, 2.45) is 0 Å². The lowest BCUT2D eigenvalue weighted by atomic mass is 10.2. The van der Waals surface area contributed by atoms with Crippen LogP contribution in [0.15, 0.2) is 48.5 Å². The van der Waals surface area contributed by atoms with E-state index in [1.165, 1.54) is 13.0 Å². The summed E-state index contributed by atoms with van der Waals surface area (Å²) in [4.78, 5) is 22.7. The van der Waals surface area contributed by atoms with Gasteiger partial charge >= 0.3 is 5.97 Å². The lowest BCUT2D eigenvalue weighted by Gasteiger charge is -2.04. The monoisotopic (exact) mass is 349 g/mol. The van der Waals surface area contributed by atoms with Gasteiger partial charge in [-0.1, -0.05) is 29.3 Å². The van der Waals surface area contributed by atoms with Gasteiger partial charge in [0.2, 0.25) is 5.91 Å². The molecule has 0 atom stereocenters. The van der Waals surface area contributed by atoms with Gasteiger partial charge in [0, 0.05) is 18.7 Å². The number of carbonyl (C=O) groups excluding carboxylic acids is 2. The first kappa shape index (κ1) is 17.1. The van der Waals surface area contributed by atoms with Crippen LogP contribution in [-0.4, -0.2) is 11.9 Å².